The number of carbonyl (C=O) groups excluding carboxylic acids is 2. The summed E-state index contributed by atoms with van der Waals surface area (Å²) in [4.78, 5) is 24.8. The molecule has 0 fully saturated rings. The molecule has 5 nitrogen and oxygen atoms in total. The van der Waals surface area contributed by atoms with Crippen LogP contribution >= 0.6 is 11.8 Å². The lowest BCUT2D eigenvalue weighted by Crippen LogP contribution is -2.42. The summed E-state index contributed by atoms with van der Waals surface area (Å²) in [6.07, 6.45) is 2.36. The zero-order valence-electron chi connectivity index (χ0n) is 15.2. The standard InChI is InChI=1S/C20H22FNO4S/c1-25-18-9-8-14(12-16(18)21)13-26-20(24)17(10-11-27-2)22-19(23)15-6-4-3-5-7-15/h3-9,12,17H,10-11,13H2,1-2H3,(H,22,23)/t17-/m1/s1. The second-order valence-corrected chi connectivity index (χ2v) is 6.74. The molecule has 0 bridgehead atoms. The summed E-state index contributed by atoms with van der Waals surface area (Å²) >= 11 is 1.57. The fourth-order valence-electron chi connectivity index (χ4n) is 2.37. The Morgan fingerprint density at radius 3 is 2.56 bits per heavy atom. The summed E-state index contributed by atoms with van der Waals surface area (Å²) < 4.78 is 23.9. The van der Waals surface area contributed by atoms with Crippen LogP contribution in [0.3, 0.4) is 0 Å². The van der Waals surface area contributed by atoms with Gasteiger partial charge in [-0.3, -0.25) is 4.79 Å². The van der Waals surface area contributed by atoms with Crippen molar-refractivity contribution in [3.63, 3.8) is 0 Å². The van der Waals surface area contributed by atoms with Gasteiger partial charge in [0.05, 0.1) is 7.11 Å². The predicted molar refractivity (Wildman–Crippen MR) is 103 cm³/mol. The molecule has 0 unspecified atom stereocenters. The van der Waals surface area contributed by atoms with Crippen molar-refractivity contribution in [2.45, 2.75) is 19.1 Å². The van der Waals surface area contributed by atoms with Crippen molar-refractivity contribution in [3.8, 4) is 5.75 Å². The highest BCUT2D eigenvalue weighted by molar-refractivity contribution is 7.98. The topological polar surface area (TPSA) is 64.6 Å². The second-order valence-electron chi connectivity index (χ2n) is 5.75. The number of hydrogen-bond donors (Lipinski definition) is 1. The van der Waals surface area contributed by atoms with E-state index in [1.165, 1.54) is 19.2 Å². The minimum Gasteiger partial charge on any atom is -0.494 e. The van der Waals surface area contributed by atoms with E-state index in [0.717, 1.165) is 0 Å². The first-order valence-corrected chi connectivity index (χ1v) is 9.78. The fraction of sp³-hybridized carbons (Fsp3) is 0.300. The molecule has 0 aliphatic carbocycles. The molecule has 1 atom stereocenters. The van der Waals surface area contributed by atoms with Crippen LogP contribution in [0, 0.1) is 5.82 Å². The van der Waals surface area contributed by atoms with Crippen LogP contribution in [0.1, 0.15) is 22.3 Å². The number of amides is 1. The molecule has 1 amide bonds. The first-order chi connectivity index (χ1) is 13.0. The van der Waals surface area contributed by atoms with Crippen molar-refractivity contribution in [2.75, 3.05) is 19.1 Å². The number of halogens is 1. The van der Waals surface area contributed by atoms with Crippen LogP contribution in [0.4, 0.5) is 4.39 Å². The van der Waals surface area contributed by atoms with Crippen LogP contribution in [0.2, 0.25) is 0 Å². The lowest BCUT2D eigenvalue weighted by atomic mass is 10.1. The normalized spacial score (nSPS) is 11.5. The smallest absolute Gasteiger partial charge is 0.329 e. The second kappa shape index (κ2) is 10.6. The van der Waals surface area contributed by atoms with Crippen molar-refractivity contribution >= 4 is 23.6 Å². The molecule has 0 saturated carbocycles. The molecule has 0 radical (unpaired) electrons. The zero-order chi connectivity index (χ0) is 19.6. The minimum absolute atomic E-state index is 0.0866. The van der Waals surface area contributed by atoms with Crippen LogP contribution in [-0.4, -0.2) is 37.0 Å². The summed E-state index contributed by atoms with van der Waals surface area (Å²) in [6.45, 7) is -0.0866. The van der Waals surface area contributed by atoms with Gasteiger partial charge in [-0.25, -0.2) is 9.18 Å². The molecule has 0 heterocycles. The van der Waals surface area contributed by atoms with Gasteiger partial charge in [0.15, 0.2) is 11.6 Å². The van der Waals surface area contributed by atoms with Crippen LogP contribution in [-0.2, 0) is 16.1 Å². The molecule has 27 heavy (non-hydrogen) atoms. The molecule has 0 saturated heterocycles. The van der Waals surface area contributed by atoms with Gasteiger partial charge < -0.3 is 14.8 Å². The maximum absolute atomic E-state index is 13.7. The van der Waals surface area contributed by atoms with Crippen LogP contribution < -0.4 is 10.1 Å². The summed E-state index contributed by atoms with van der Waals surface area (Å²) in [7, 11) is 1.38. The van der Waals surface area contributed by atoms with Gasteiger partial charge >= 0.3 is 5.97 Å². The van der Waals surface area contributed by atoms with Crippen LogP contribution in [0.15, 0.2) is 48.5 Å². The highest BCUT2D eigenvalue weighted by Gasteiger charge is 2.22. The predicted octanol–water partition coefficient (Wildman–Crippen LogP) is 3.43. The molecule has 0 aliphatic heterocycles. The first kappa shape index (κ1) is 20.8. The molecular formula is C20H22FNO4S. The Balaban J connectivity index is 1.99. The Bertz CT molecular complexity index is 770. The third-order valence-corrected chi connectivity index (χ3v) is 4.48. The summed E-state index contributed by atoms with van der Waals surface area (Å²) in [5.41, 5.74) is 0.969. The Morgan fingerprint density at radius 2 is 1.93 bits per heavy atom. The maximum Gasteiger partial charge on any atom is 0.329 e. The van der Waals surface area contributed by atoms with E-state index in [4.69, 9.17) is 9.47 Å². The largest absolute Gasteiger partial charge is 0.494 e. The van der Waals surface area contributed by atoms with E-state index in [0.29, 0.717) is 23.3 Å². The Labute approximate surface area is 162 Å². The van der Waals surface area contributed by atoms with Gasteiger partial charge in [0.25, 0.3) is 5.91 Å². The Hall–Kier alpha value is -2.54. The van der Waals surface area contributed by atoms with Gasteiger partial charge in [0.1, 0.15) is 12.6 Å². The third-order valence-electron chi connectivity index (χ3n) is 3.83. The summed E-state index contributed by atoms with van der Waals surface area (Å²) in [5, 5.41) is 2.71. The van der Waals surface area contributed by atoms with Gasteiger partial charge in [-0.2, -0.15) is 11.8 Å². The molecule has 2 aromatic rings. The van der Waals surface area contributed by atoms with E-state index in [1.54, 1.807) is 42.1 Å². The molecule has 1 N–H and O–H groups in total. The van der Waals surface area contributed by atoms with E-state index < -0.39 is 17.8 Å². The maximum atomic E-state index is 13.7. The molecule has 2 aromatic carbocycles. The van der Waals surface area contributed by atoms with Crippen LogP contribution in [0.25, 0.3) is 0 Å². The number of rotatable bonds is 9. The minimum atomic E-state index is -0.770. The number of benzene rings is 2. The number of esters is 1. The fourth-order valence-corrected chi connectivity index (χ4v) is 2.84. The first-order valence-electron chi connectivity index (χ1n) is 8.39. The van der Waals surface area contributed by atoms with E-state index in [-0.39, 0.29) is 18.3 Å². The number of methoxy groups -OCH3 is 1. The SMILES string of the molecule is COc1ccc(COC(=O)[C@@H](CCSC)NC(=O)c2ccccc2)cc1F. The summed E-state index contributed by atoms with van der Waals surface area (Å²) in [5.74, 6) is -0.606. The van der Waals surface area contributed by atoms with Crippen molar-refractivity contribution < 1.29 is 23.5 Å². The van der Waals surface area contributed by atoms with Crippen molar-refractivity contribution in [1.29, 1.82) is 0 Å². The van der Waals surface area contributed by atoms with Gasteiger partial charge in [0, 0.05) is 5.56 Å². The number of nitrogens with one attached hydrogen (secondary N) is 1. The van der Waals surface area contributed by atoms with Gasteiger partial charge in [0.2, 0.25) is 0 Å². The molecule has 144 valence electrons. The monoisotopic (exact) mass is 391 g/mol. The Morgan fingerprint density at radius 1 is 1.19 bits per heavy atom. The number of hydrogen-bond acceptors (Lipinski definition) is 5. The average Bonchev–Trinajstić information content (AvgIpc) is 2.69. The van der Waals surface area contributed by atoms with Crippen molar-refractivity contribution in [2.24, 2.45) is 0 Å². The third kappa shape index (κ3) is 6.29. The number of carbonyl (C=O) groups is 2. The highest BCUT2D eigenvalue weighted by Crippen LogP contribution is 2.18. The van der Waals surface area contributed by atoms with Gasteiger partial charge in [-0.1, -0.05) is 24.3 Å². The molecule has 2 rings (SSSR count). The average molecular weight is 391 g/mol. The zero-order valence-corrected chi connectivity index (χ0v) is 16.1. The van der Waals surface area contributed by atoms with Crippen molar-refractivity contribution in [3.05, 3.63) is 65.5 Å². The Kier molecular flexibility index (Phi) is 8.13. The van der Waals surface area contributed by atoms with Crippen LogP contribution in [0.5, 0.6) is 5.75 Å². The number of ether oxygens (including phenoxy) is 2. The molecule has 0 aliphatic rings. The van der Waals surface area contributed by atoms with Gasteiger partial charge in [-0.15, -0.1) is 0 Å². The lowest BCUT2D eigenvalue weighted by molar-refractivity contribution is -0.147. The quantitative estimate of drug-likeness (QED) is 0.664. The summed E-state index contributed by atoms with van der Waals surface area (Å²) in [6, 6.07) is 12.2. The van der Waals surface area contributed by atoms with E-state index in [2.05, 4.69) is 5.32 Å². The molecule has 0 spiro atoms. The lowest BCUT2D eigenvalue weighted by Gasteiger charge is -2.17. The van der Waals surface area contributed by atoms with E-state index >= 15 is 0 Å². The van der Waals surface area contributed by atoms with Gasteiger partial charge in [-0.05, 0) is 48.3 Å². The highest BCUT2D eigenvalue weighted by atomic mass is 32.2. The van der Waals surface area contributed by atoms with E-state index in [1.807, 2.05) is 12.3 Å². The molecule has 0 aromatic heterocycles. The number of thioether (sulfide) groups is 1. The molecular weight excluding hydrogens is 369 g/mol. The van der Waals surface area contributed by atoms with E-state index in [9.17, 15) is 14.0 Å². The molecule has 7 heteroatoms. The van der Waals surface area contributed by atoms with Crippen molar-refractivity contribution in [1.82, 2.24) is 5.32 Å².